The van der Waals surface area contributed by atoms with E-state index in [0.717, 1.165) is 24.3 Å². The lowest BCUT2D eigenvalue weighted by molar-refractivity contribution is -0.140. The van der Waals surface area contributed by atoms with E-state index in [1.54, 1.807) is 10.8 Å². The number of anilines is 1. The van der Waals surface area contributed by atoms with Gasteiger partial charge in [-0.1, -0.05) is 36.4 Å². The number of nitrogens with zero attached hydrogens (tertiary/aromatic N) is 5. The van der Waals surface area contributed by atoms with Gasteiger partial charge in [-0.05, 0) is 30.5 Å². The number of fused-ring (bicyclic) bond motifs is 2. The summed E-state index contributed by atoms with van der Waals surface area (Å²) in [5.41, 5.74) is 1.27. The predicted molar refractivity (Wildman–Crippen MR) is 98.1 cm³/mol. The predicted octanol–water partition coefficient (Wildman–Crippen LogP) is 2.01. The van der Waals surface area contributed by atoms with Crippen LogP contribution >= 0.6 is 0 Å². The molecule has 1 spiro atoms. The van der Waals surface area contributed by atoms with E-state index >= 15 is 0 Å². The van der Waals surface area contributed by atoms with Crippen molar-refractivity contribution in [3.8, 4) is 0 Å². The van der Waals surface area contributed by atoms with Crippen molar-refractivity contribution < 1.29 is 9.53 Å². The van der Waals surface area contributed by atoms with Crippen LogP contribution in [0, 0.1) is 0 Å². The summed E-state index contributed by atoms with van der Waals surface area (Å²) in [5.74, 6) is 1.07. The molecule has 3 aliphatic rings. The molecule has 7 nitrogen and oxygen atoms in total. The molecule has 0 saturated carbocycles. The highest BCUT2D eigenvalue weighted by Gasteiger charge is 2.63. The van der Waals surface area contributed by atoms with E-state index in [-0.39, 0.29) is 18.2 Å². The third kappa shape index (κ3) is 2.03. The van der Waals surface area contributed by atoms with Gasteiger partial charge in [0.1, 0.15) is 18.4 Å². The largest absolute Gasteiger partial charge is 0.349 e. The first kappa shape index (κ1) is 15.2. The Bertz CT molecular complexity index is 1030. The molecule has 5 heterocycles. The van der Waals surface area contributed by atoms with Gasteiger partial charge in [-0.2, -0.15) is 9.61 Å². The lowest BCUT2D eigenvalue weighted by Gasteiger charge is -2.46. The molecule has 3 aliphatic heterocycles. The van der Waals surface area contributed by atoms with Crippen molar-refractivity contribution in [1.82, 2.24) is 19.5 Å². The number of hydrogen-bond acceptors (Lipinski definition) is 5. The maximum atomic E-state index is 13.3. The Labute approximate surface area is 156 Å². The number of carbonyl (C=O) groups is 1. The molecule has 0 N–H and O–H groups in total. The smallest absolute Gasteiger partial charge is 0.261 e. The minimum atomic E-state index is -0.721. The second-order valence-corrected chi connectivity index (χ2v) is 7.55. The van der Waals surface area contributed by atoms with Gasteiger partial charge in [0.2, 0.25) is 0 Å². The van der Waals surface area contributed by atoms with Crippen LogP contribution in [-0.2, 0) is 9.53 Å². The highest BCUT2D eigenvalue weighted by molar-refractivity contribution is 5.91. The molecule has 1 amide bonds. The third-order valence-electron chi connectivity index (χ3n) is 6.00. The lowest BCUT2D eigenvalue weighted by Crippen LogP contribution is -2.67. The molecule has 3 fully saturated rings. The molecular weight excluding hydrogens is 342 g/mol. The van der Waals surface area contributed by atoms with Gasteiger partial charge in [0, 0.05) is 0 Å². The van der Waals surface area contributed by atoms with Crippen LogP contribution in [0.25, 0.3) is 5.65 Å². The van der Waals surface area contributed by atoms with Crippen LogP contribution in [0.5, 0.6) is 0 Å². The van der Waals surface area contributed by atoms with Gasteiger partial charge in [0.05, 0.1) is 19.1 Å². The number of ether oxygens (including phenoxy) is 1. The SMILES string of the molecule is O=C1N2[C@@H](CC[C@H]2c2ccccc2)OC12CN(c1cccc3ncnn13)C2. The van der Waals surface area contributed by atoms with Crippen molar-refractivity contribution >= 4 is 17.4 Å². The number of benzene rings is 1. The summed E-state index contributed by atoms with van der Waals surface area (Å²) in [7, 11) is 0. The Kier molecular flexibility index (Phi) is 2.97. The summed E-state index contributed by atoms with van der Waals surface area (Å²) in [6, 6.07) is 16.3. The van der Waals surface area contributed by atoms with E-state index < -0.39 is 5.60 Å². The minimum Gasteiger partial charge on any atom is -0.349 e. The average Bonchev–Trinajstić information content (AvgIpc) is 3.36. The first-order valence-electron chi connectivity index (χ1n) is 9.34. The van der Waals surface area contributed by atoms with Crippen LogP contribution < -0.4 is 4.90 Å². The first-order valence-corrected chi connectivity index (χ1v) is 9.34. The van der Waals surface area contributed by atoms with Crippen LogP contribution in [0.2, 0.25) is 0 Å². The van der Waals surface area contributed by atoms with E-state index in [1.165, 1.54) is 5.56 Å². The number of rotatable bonds is 2. The molecule has 0 unspecified atom stereocenters. The summed E-state index contributed by atoms with van der Waals surface area (Å²) in [6.45, 7) is 1.11. The molecule has 7 heteroatoms. The van der Waals surface area contributed by atoms with Gasteiger partial charge in [-0.15, -0.1) is 0 Å². The topological polar surface area (TPSA) is 63.0 Å². The van der Waals surface area contributed by atoms with E-state index in [4.69, 9.17) is 4.74 Å². The van der Waals surface area contributed by atoms with Gasteiger partial charge >= 0.3 is 0 Å². The second-order valence-electron chi connectivity index (χ2n) is 7.55. The van der Waals surface area contributed by atoms with Crippen LogP contribution in [-0.4, -0.2) is 50.3 Å². The Balaban J connectivity index is 1.27. The van der Waals surface area contributed by atoms with Gasteiger partial charge in [0.25, 0.3) is 5.91 Å². The monoisotopic (exact) mass is 361 g/mol. The summed E-state index contributed by atoms with van der Waals surface area (Å²) < 4.78 is 8.11. The van der Waals surface area contributed by atoms with E-state index in [0.29, 0.717) is 13.1 Å². The first-order chi connectivity index (χ1) is 13.3. The fourth-order valence-corrected chi connectivity index (χ4v) is 4.73. The highest BCUT2D eigenvalue weighted by atomic mass is 16.6. The van der Waals surface area contributed by atoms with E-state index in [2.05, 4.69) is 27.1 Å². The van der Waals surface area contributed by atoms with Crippen molar-refractivity contribution in [2.24, 2.45) is 0 Å². The quantitative estimate of drug-likeness (QED) is 0.699. The fraction of sp³-hybridized carbons (Fsp3) is 0.350. The third-order valence-corrected chi connectivity index (χ3v) is 6.00. The number of amides is 1. The van der Waals surface area contributed by atoms with Crippen molar-refractivity contribution in [3.63, 3.8) is 0 Å². The molecule has 136 valence electrons. The van der Waals surface area contributed by atoms with Crippen LogP contribution in [0.1, 0.15) is 24.4 Å². The molecule has 0 bridgehead atoms. The van der Waals surface area contributed by atoms with Gasteiger partial charge < -0.3 is 14.5 Å². The maximum Gasteiger partial charge on any atom is 0.261 e. The summed E-state index contributed by atoms with van der Waals surface area (Å²) in [4.78, 5) is 21.7. The van der Waals surface area contributed by atoms with Gasteiger partial charge in [0.15, 0.2) is 11.2 Å². The lowest BCUT2D eigenvalue weighted by atomic mass is 9.92. The zero-order valence-electron chi connectivity index (χ0n) is 14.7. The van der Waals surface area contributed by atoms with Gasteiger partial charge in [-0.25, -0.2) is 4.98 Å². The van der Waals surface area contributed by atoms with E-state index in [9.17, 15) is 4.79 Å². The van der Waals surface area contributed by atoms with E-state index in [1.807, 2.05) is 41.3 Å². The second kappa shape index (κ2) is 5.29. The van der Waals surface area contributed by atoms with Crippen molar-refractivity contribution in [3.05, 3.63) is 60.4 Å². The normalized spacial score (nSPS) is 26.0. The fourth-order valence-electron chi connectivity index (χ4n) is 4.73. The molecule has 1 aromatic carbocycles. The number of carbonyl (C=O) groups excluding carboxylic acids is 1. The molecule has 27 heavy (non-hydrogen) atoms. The number of aromatic nitrogens is 3. The zero-order valence-corrected chi connectivity index (χ0v) is 14.7. The Morgan fingerprint density at radius 3 is 2.74 bits per heavy atom. The minimum absolute atomic E-state index is 0.105. The standard InChI is InChI=1S/C20H19N5O2/c26-19-20(11-23(12-20)17-8-4-7-16-21-13-22-25(16)17)27-18-10-9-15(24(18)19)14-5-2-1-3-6-14/h1-8,13,15,18H,9-12H2/t15-,18+/m0/s1. The molecule has 3 saturated heterocycles. The molecule has 0 aliphatic carbocycles. The molecule has 3 aromatic rings. The molecular formula is C20H19N5O2. The zero-order chi connectivity index (χ0) is 18.0. The van der Waals surface area contributed by atoms with Crippen LogP contribution in [0.15, 0.2) is 54.9 Å². The maximum absolute atomic E-state index is 13.3. The molecule has 2 aromatic heterocycles. The number of hydrogen-bond donors (Lipinski definition) is 0. The molecule has 6 rings (SSSR count). The van der Waals surface area contributed by atoms with Crippen molar-refractivity contribution in [2.45, 2.75) is 30.7 Å². The van der Waals surface area contributed by atoms with Crippen LogP contribution in [0.4, 0.5) is 5.82 Å². The Morgan fingerprint density at radius 1 is 1.04 bits per heavy atom. The Morgan fingerprint density at radius 2 is 1.89 bits per heavy atom. The Hall–Kier alpha value is -2.93. The summed E-state index contributed by atoms with van der Waals surface area (Å²) in [6.07, 6.45) is 3.29. The molecule has 0 radical (unpaired) electrons. The summed E-state index contributed by atoms with van der Waals surface area (Å²) >= 11 is 0. The van der Waals surface area contributed by atoms with Crippen molar-refractivity contribution in [1.29, 1.82) is 0 Å². The van der Waals surface area contributed by atoms with Crippen molar-refractivity contribution in [2.75, 3.05) is 18.0 Å². The summed E-state index contributed by atoms with van der Waals surface area (Å²) in [5, 5.41) is 4.29. The van der Waals surface area contributed by atoms with Crippen LogP contribution in [0.3, 0.4) is 0 Å². The highest BCUT2D eigenvalue weighted by Crippen LogP contribution is 2.47. The van der Waals surface area contributed by atoms with Gasteiger partial charge in [-0.3, -0.25) is 4.79 Å². The number of pyridine rings is 1. The molecule has 2 atom stereocenters. The average molecular weight is 361 g/mol.